The van der Waals surface area contributed by atoms with Crippen LogP contribution in [0.1, 0.15) is 26.3 Å². The predicted molar refractivity (Wildman–Crippen MR) is 130 cm³/mol. The van der Waals surface area contributed by atoms with Crippen LogP contribution in [0.2, 0.25) is 5.02 Å². The first-order chi connectivity index (χ1) is 15.1. The molecular weight excluding hydrogens is 448 g/mol. The average Bonchev–Trinajstić information content (AvgIpc) is 3.15. The summed E-state index contributed by atoms with van der Waals surface area (Å²) in [5.41, 5.74) is 1.47. The lowest BCUT2D eigenvalue weighted by atomic mass is 10.1. The molecule has 0 spiro atoms. The Morgan fingerprint density at radius 3 is 2.47 bits per heavy atom. The van der Waals surface area contributed by atoms with E-state index in [-0.39, 0.29) is 6.09 Å². The maximum Gasteiger partial charge on any atom is 0.410 e. The molecule has 1 aromatic heterocycles. The van der Waals surface area contributed by atoms with E-state index in [2.05, 4.69) is 4.98 Å². The van der Waals surface area contributed by atoms with Gasteiger partial charge in [-0.3, -0.25) is 0 Å². The van der Waals surface area contributed by atoms with E-state index in [0.717, 1.165) is 26.3 Å². The number of ether oxygens (including phenoxy) is 3. The first-order valence-electron chi connectivity index (χ1n) is 10.3. The molecule has 3 rings (SSSR count). The van der Waals surface area contributed by atoms with E-state index in [4.69, 9.17) is 25.8 Å². The van der Waals surface area contributed by atoms with Crippen molar-refractivity contribution in [1.82, 2.24) is 9.88 Å². The number of carbonyl (C=O) groups is 1. The second kappa shape index (κ2) is 9.96. The van der Waals surface area contributed by atoms with Gasteiger partial charge in [0.2, 0.25) is 0 Å². The molecule has 0 fully saturated rings. The van der Waals surface area contributed by atoms with E-state index in [1.165, 1.54) is 0 Å². The lowest BCUT2D eigenvalue weighted by molar-refractivity contribution is 0.0300. The molecule has 2 aromatic carbocycles. The summed E-state index contributed by atoms with van der Waals surface area (Å²) in [7, 11) is 4.96. The van der Waals surface area contributed by atoms with E-state index in [0.29, 0.717) is 29.5 Å². The Hall–Kier alpha value is -2.51. The number of halogens is 1. The highest BCUT2D eigenvalue weighted by Gasteiger charge is 2.21. The molecule has 0 saturated carbocycles. The molecule has 1 heterocycles. The lowest BCUT2D eigenvalue weighted by Crippen LogP contribution is -2.35. The fourth-order valence-electron chi connectivity index (χ4n) is 3.22. The molecule has 0 atom stereocenters. The summed E-state index contributed by atoms with van der Waals surface area (Å²) in [5.74, 6) is 1.29. The van der Waals surface area contributed by atoms with Crippen molar-refractivity contribution in [2.75, 3.05) is 27.8 Å². The van der Waals surface area contributed by atoms with Gasteiger partial charge in [0, 0.05) is 40.5 Å². The molecule has 0 radical (unpaired) electrons. The molecule has 32 heavy (non-hydrogen) atoms. The Bertz CT molecular complexity index is 1110. The van der Waals surface area contributed by atoms with Crippen LogP contribution < -0.4 is 9.47 Å². The van der Waals surface area contributed by atoms with Gasteiger partial charge in [-0.05, 0) is 57.0 Å². The number of aromatic amines is 1. The summed E-state index contributed by atoms with van der Waals surface area (Å²) < 4.78 is 16.5. The molecule has 1 N–H and O–H groups in total. The minimum absolute atomic E-state index is 0.351. The number of likely N-dealkylation sites (N-methyl/N-ethyl adjacent to an activating group) is 1. The van der Waals surface area contributed by atoms with Gasteiger partial charge in [0.25, 0.3) is 0 Å². The van der Waals surface area contributed by atoms with Crippen molar-refractivity contribution in [3.8, 4) is 11.5 Å². The number of aromatic nitrogens is 1. The standard InChI is InChI=1S/C24H29ClN2O4S/c1-24(2,3)31-23(28)27(4)11-10-15-12-18(29-5)19(30-6)13-20(15)32-21-14-26-17-9-7-8-16(25)22(17)21/h7-9,12-14,26H,10-11H2,1-6H3. The topological polar surface area (TPSA) is 63.8 Å². The minimum Gasteiger partial charge on any atom is -0.493 e. The Morgan fingerprint density at radius 2 is 1.81 bits per heavy atom. The molecule has 0 aliphatic heterocycles. The van der Waals surface area contributed by atoms with Gasteiger partial charge in [-0.15, -0.1) is 0 Å². The summed E-state index contributed by atoms with van der Waals surface area (Å²) in [6.07, 6.45) is 2.22. The molecule has 0 bridgehead atoms. The third kappa shape index (κ3) is 5.64. The van der Waals surface area contributed by atoms with Gasteiger partial charge >= 0.3 is 6.09 Å². The smallest absolute Gasteiger partial charge is 0.410 e. The summed E-state index contributed by atoms with van der Waals surface area (Å²) >= 11 is 8.07. The van der Waals surface area contributed by atoms with E-state index in [1.54, 1.807) is 37.9 Å². The second-order valence-electron chi connectivity index (χ2n) is 8.38. The number of benzene rings is 2. The van der Waals surface area contributed by atoms with Crippen LogP contribution in [-0.2, 0) is 11.2 Å². The molecule has 0 unspecified atom stereocenters. The second-order valence-corrected chi connectivity index (χ2v) is 9.88. The van der Waals surface area contributed by atoms with Crippen LogP contribution in [0.15, 0.2) is 46.3 Å². The van der Waals surface area contributed by atoms with Crippen molar-refractivity contribution in [3.63, 3.8) is 0 Å². The van der Waals surface area contributed by atoms with Gasteiger partial charge in [-0.1, -0.05) is 29.4 Å². The van der Waals surface area contributed by atoms with Gasteiger partial charge < -0.3 is 24.1 Å². The lowest BCUT2D eigenvalue weighted by Gasteiger charge is -2.25. The molecule has 0 aliphatic carbocycles. The number of nitrogens with zero attached hydrogens (tertiary/aromatic N) is 1. The molecule has 8 heteroatoms. The highest BCUT2D eigenvalue weighted by molar-refractivity contribution is 7.99. The zero-order valence-corrected chi connectivity index (χ0v) is 20.8. The SMILES string of the molecule is COc1cc(CCN(C)C(=O)OC(C)(C)C)c(Sc2c[nH]c3cccc(Cl)c23)cc1OC. The highest BCUT2D eigenvalue weighted by Crippen LogP contribution is 2.42. The fourth-order valence-corrected chi connectivity index (χ4v) is 4.69. The van der Waals surface area contributed by atoms with Crippen LogP contribution in [-0.4, -0.2) is 49.4 Å². The molecule has 172 valence electrons. The number of nitrogens with one attached hydrogen (secondary N) is 1. The van der Waals surface area contributed by atoms with Crippen molar-refractivity contribution in [3.05, 3.63) is 47.1 Å². The first kappa shape index (κ1) is 24.1. The Balaban J connectivity index is 1.90. The van der Waals surface area contributed by atoms with Crippen molar-refractivity contribution in [2.45, 2.75) is 42.6 Å². The van der Waals surface area contributed by atoms with Crippen LogP contribution in [0, 0.1) is 0 Å². The number of methoxy groups -OCH3 is 2. The average molecular weight is 477 g/mol. The van der Waals surface area contributed by atoms with Gasteiger partial charge in [0.15, 0.2) is 11.5 Å². The summed E-state index contributed by atoms with van der Waals surface area (Å²) in [4.78, 5) is 19.2. The van der Waals surface area contributed by atoms with Crippen LogP contribution in [0.5, 0.6) is 11.5 Å². The monoisotopic (exact) mass is 476 g/mol. The third-order valence-electron chi connectivity index (χ3n) is 4.83. The molecule has 0 aliphatic rings. The number of rotatable bonds is 7. The Morgan fingerprint density at radius 1 is 1.12 bits per heavy atom. The Labute approximate surface area is 198 Å². The van der Waals surface area contributed by atoms with Crippen molar-refractivity contribution < 1.29 is 19.0 Å². The number of hydrogen-bond donors (Lipinski definition) is 1. The molecule has 1 amide bonds. The zero-order chi connectivity index (χ0) is 23.5. The molecular formula is C24H29ClN2O4S. The van der Waals surface area contributed by atoms with E-state index < -0.39 is 5.60 Å². The molecule has 6 nitrogen and oxygen atoms in total. The fraction of sp³-hybridized carbons (Fsp3) is 0.375. The summed E-state index contributed by atoms with van der Waals surface area (Å²) in [5, 5.41) is 1.67. The van der Waals surface area contributed by atoms with E-state index in [9.17, 15) is 4.79 Å². The zero-order valence-electron chi connectivity index (χ0n) is 19.2. The van der Waals surface area contributed by atoms with E-state index in [1.807, 2.05) is 57.3 Å². The maximum absolute atomic E-state index is 12.4. The predicted octanol–water partition coefficient (Wildman–Crippen LogP) is 6.40. The maximum atomic E-state index is 12.4. The van der Waals surface area contributed by atoms with Crippen LogP contribution in [0.25, 0.3) is 10.9 Å². The van der Waals surface area contributed by atoms with Gasteiger partial charge in [-0.25, -0.2) is 4.79 Å². The highest BCUT2D eigenvalue weighted by atomic mass is 35.5. The Kier molecular flexibility index (Phi) is 7.51. The van der Waals surface area contributed by atoms with Crippen molar-refractivity contribution in [1.29, 1.82) is 0 Å². The number of carbonyl (C=O) groups excluding carboxylic acids is 1. The quantitative estimate of drug-likeness (QED) is 0.427. The van der Waals surface area contributed by atoms with Gasteiger partial charge in [-0.2, -0.15) is 0 Å². The van der Waals surface area contributed by atoms with Gasteiger partial charge in [0.05, 0.1) is 19.2 Å². The third-order valence-corrected chi connectivity index (χ3v) is 6.28. The van der Waals surface area contributed by atoms with Crippen LogP contribution >= 0.6 is 23.4 Å². The largest absolute Gasteiger partial charge is 0.493 e. The van der Waals surface area contributed by atoms with Gasteiger partial charge in [0.1, 0.15) is 5.60 Å². The summed E-state index contributed by atoms with van der Waals surface area (Å²) in [6, 6.07) is 9.72. The van der Waals surface area contributed by atoms with Crippen molar-refractivity contribution in [2.24, 2.45) is 0 Å². The number of fused-ring (bicyclic) bond motifs is 1. The number of amides is 1. The van der Waals surface area contributed by atoms with Crippen LogP contribution in [0.3, 0.4) is 0 Å². The van der Waals surface area contributed by atoms with Crippen molar-refractivity contribution >= 4 is 40.4 Å². The summed E-state index contributed by atoms with van der Waals surface area (Å²) in [6.45, 7) is 6.06. The van der Waals surface area contributed by atoms with Crippen LogP contribution in [0.4, 0.5) is 4.79 Å². The minimum atomic E-state index is -0.537. The molecule has 3 aromatic rings. The number of hydrogen-bond acceptors (Lipinski definition) is 5. The normalized spacial score (nSPS) is 11.5. The molecule has 0 saturated heterocycles. The number of H-pyrrole nitrogens is 1. The first-order valence-corrected chi connectivity index (χ1v) is 11.4. The van der Waals surface area contributed by atoms with E-state index >= 15 is 0 Å².